The van der Waals surface area contributed by atoms with E-state index < -0.39 is 0 Å². The standard InChI is InChI=1S/C22H18N4O3S/c1-29-19-12-15(9-10-18(19)27)13-23-24-22(28)17-14-26(16-6-3-2-4-7-16)25-21(17)20-8-5-11-30-20/h2-14,27H,1H3,(H,24,28). The lowest BCUT2D eigenvalue weighted by molar-refractivity contribution is 0.0956. The first-order chi connectivity index (χ1) is 14.7. The minimum absolute atomic E-state index is 0.0348. The van der Waals surface area contributed by atoms with Crippen molar-refractivity contribution < 1.29 is 14.6 Å². The zero-order valence-electron chi connectivity index (χ0n) is 16.0. The van der Waals surface area contributed by atoms with E-state index in [0.29, 0.717) is 22.6 Å². The number of thiophene rings is 1. The third kappa shape index (κ3) is 4.08. The lowest BCUT2D eigenvalue weighted by Crippen LogP contribution is -2.17. The van der Waals surface area contributed by atoms with Crippen LogP contribution in [0, 0.1) is 0 Å². The molecule has 8 heteroatoms. The van der Waals surface area contributed by atoms with Gasteiger partial charge in [-0.05, 0) is 47.3 Å². The monoisotopic (exact) mass is 418 g/mol. The number of phenols is 1. The van der Waals surface area contributed by atoms with E-state index in [1.54, 1.807) is 23.0 Å². The number of hydrogen-bond donors (Lipinski definition) is 2. The van der Waals surface area contributed by atoms with E-state index in [1.165, 1.54) is 30.7 Å². The molecule has 0 fully saturated rings. The smallest absolute Gasteiger partial charge is 0.275 e. The Kier molecular flexibility index (Phi) is 5.58. The van der Waals surface area contributed by atoms with Gasteiger partial charge in [-0.15, -0.1) is 11.3 Å². The number of methoxy groups -OCH3 is 1. The minimum atomic E-state index is -0.373. The molecule has 30 heavy (non-hydrogen) atoms. The Morgan fingerprint density at radius 2 is 2.03 bits per heavy atom. The summed E-state index contributed by atoms with van der Waals surface area (Å²) in [5, 5.41) is 20.3. The molecule has 0 unspecified atom stereocenters. The highest BCUT2D eigenvalue weighted by Crippen LogP contribution is 2.28. The summed E-state index contributed by atoms with van der Waals surface area (Å²) in [5.41, 5.74) is 5.08. The molecule has 0 bridgehead atoms. The van der Waals surface area contributed by atoms with Gasteiger partial charge in [0.25, 0.3) is 5.91 Å². The van der Waals surface area contributed by atoms with Crippen LogP contribution in [0.2, 0.25) is 0 Å². The first-order valence-electron chi connectivity index (χ1n) is 9.05. The molecule has 4 rings (SSSR count). The number of carbonyl (C=O) groups excluding carboxylic acids is 1. The van der Waals surface area contributed by atoms with Crippen LogP contribution in [0.3, 0.4) is 0 Å². The number of amides is 1. The van der Waals surface area contributed by atoms with Crippen LogP contribution in [0.1, 0.15) is 15.9 Å². The lowest BCUT2D eigenvalue weighted by Gasteiger charge is -2.03. The number of hydrogen-bond acceptors (Lipinski definition) is 6. The van der Waals surface area contributed by atoms with Crippen LogP contribution in [-0.4, -0.2) is 34.1 Å². The Bertz CT molecular complexity index is 1180. The third-order valence-electron chi connectivity index (χ3n) is 4.32. The fraction of sp³-hybridized carbons (Fsp3) is 0.0455. The SMILES string of the molecule is COc1cc(C=NNC(=O)c2cn(-c3ccccc3)nc2-c2cccs2)ccc1O. The van der Waals surface area contributed by atoms with Gasteiger partial charge in [-0.25, -0.2) is 10.1 Å². The zero-order valence-corrected chi connectivity index (χ0v) is 16.8. The number of rotatable bonds is 6. The Labute approximate surface area is 176 Å². The number of ether oxygens (including phenoxy) is 1. The first kappa shape index (κ1) is 19.4. The average molecular weight is 418 g/mol. The summed E-state index contributed by atoms with van der Waals surface area (Å²) in [6, 6.07) is 18.2. The van der Waals surface area contributed by atoms with Gasteiger partial charge in [-0.3, -0.25) is 4.79 Å². The van der Waals surface area contributed by atoms with Crippen LogP contribution in [0.5, 0.6) is 11.5 Å². The number of carbonyl (C=O) groups is 1. The molecule has 4 aromatic rings. The van der Waals surface area contributed by atoms with Gasteiger partial charge in [0.2, 0.25) is 0 Å². The summed E-state index contributed by atoms with van der Waals surface area (Å²) in [6.07, 6.45) is 3.17. The zero-order chi connectivity index (χ0) is 20.9. The van der Waals surface area contributed by atoms with Crippen molar-refractivity contribution in [1.29, 1.82) is 0 Å². The second-order valence-electron chi connectivity index (χ2n) is 6.28. The number of nitrogens with one attached hydrogen (secondary N) is 1. The number of benzene rings is 2. The predicted octanol–water partition coefficient (Wildman–Crippen LogP) is 4.08. The molecule has 2 N–H and O–H groups in total. The van der Waals surface area contributed by atoms with Crippen molar-refractivity contribution in [2.75, 3.05) is 7.11 Å². The van der Waals surface area contributed by atoms with Crippen molar-refractivity contribution in [1.82, 2.24) is 15.2 Å². The van der Waals surface area contributed by atoms with Crippen LogP contribution in [0.25, 0.3) is 16.3 Å². The summed E-state index contributed by atoms with van der Waals surface area (Å²) >= 11 is 1.51. The van der Waals surface area contributed by atoms with Gasteiger partial charge in [-0.1, -0.05) is 24.3 Å². The van der Waals surface area contributed by atoms with Gasteiger partial charge in [0, 0.05) is 6.20 Å². The fourth-order valence-corrected chi connectivity index (χ4v) is 3.57. The van der Waals surface area contributed by atoms with Gasteiger partial charge < -0.3 is 9.84 Å². The molecular formula is C22H18N4O3S. The van der Waals surface area contributed by atoms with Crippen molar-refractivity contribution in [3.63, 3.8) is 0 Å². The molecule has 0 aliphatic rings. The highest BCUT2D eigenvalue weighted by atomic mass is 32.1. The molecule has 7 nitrogen and oxygen atoms in total. The molecule has 2 heterocycles. The molecule has 0 saturated heterocycles. The summed E-state index contributed by atoms with van der Waals surface area (Å²) in [6.45, 7) is 0. The second kappa shape index (κ2) is 8.62. The van der Waals surface area contributed by atoms with E-state index in [1.807, 2.05) is 47.8 Å². The van der Waals surface area contributed by atoms with E-state index in [2.05, 4.69) is 15.6 Å². The largest absolute Gasteiger partial charge is 0.504 e. The number of aromatic hydroxyl groups is 1. The maximum Gasteiger partial charge on any atom is 0.275 e. The van der Waals surface area contributed by atoms with Gasteiger partial charge in [-0.2, -0.15) is 10.2 Å². The van der Waals surface area contributed by atoms with Crippen LogP contribution in [0.15, 0.2) is 77.3 Å². The fourth-order valence-electron chi connectivity index (χ4n) is 2.85. The third-order valence-corrected chi connectivity index (χ3v) is 5.19. The maximum atomic E-state index is 12.8. The quantitative estimate of drug-likeness (QED) is 0.365. The van der Waals surface area contributed by atoms with Crippen molar-refractivity contribution >= 4 is 23.5 Å². The molecule has 0 atom stereocenters. The van der Waals surface area contributed by atoms with E-state index in [0.717, 1.165) is 10.6 Å². The topological polar surface area (TPSA) is 88.7 Å². The van der Waals surface area contributed by atoms with Crippen LogP contribution >= 0.6 is 11.3 Å². The van der Waals surface area contributed by atoms with Gasteiger partial charge >= 0.3 is 0 Å². The molecule has 0 aliphatic heterocycles. The van der Waals surface area contributed by atoms with Crippen LogP contribution < -0.4 is 10.2 Å². The average Bonchev–Trinajstić information content (AvgIpc) is 3.45. The number of nitrogens with zero attached hydrogens (tertiary/aromatic N) is 3. The van der Waals surface area contributed by atoms with E-state index in [-0.39, 0.29) is 11.7 Å². The van der Waals surface area contributed by atoms with Crippen molar-refractivity contribution in [2.24, 2.45) is 5.10 Å². The molecule has 1 amide bonds. The molecule has 150 valence electrons. The summed E-state index contributed by atoms with van der Waals surface area (Å²) in [4.78, 5) is 13.7. The molecule has 2 aromatic heterocycles. The first-order valence-corrected chi connectivity index (χ1v) is 9.93. The van der Waals surface area contributed by atoms with E-state index >= 15 is 0 Å². The highest BCUT2D eigenvalue weighted by molar-refractivity contribution is 7.13. The van der Waals surface area contributed by atoms with Crippen molar-refractivity contribution in [3.8, 4) is 27.8 Å². The summed E-state index contributed by atoms with van der Waals surface area (Å²) < 4.78 is 6.75. The Morgan fingerprint density at radius 1 is 1.20 bits per heavy atom. The molecule has 0 radical (unpaired) electrons. The molecule has 0 aliphatic carbocycles. The molecule has 0 spiro atoms. The second-order valence-corrected chi connectivity index (χ2v) is 7.23. The minimum Gasteiger partial charge on any atom is -0.504 e. The molecule has 2 aromatic carbocycles. The van der Waals surface area contributed by atoms with Crippen molar-refractivity contribution in [2.45, 2.75) is 0 Å². The van der Waals surface area contributed by atoms with Gasteiger partial charge in [0.05, 0.1) is 29.5 Å². The summed E-state index contributed by atoms with van der Waals surface area (Å²) in [5.74, 6) is -0.00966. The van der Waals surface area contributed by atoms with E-state index in [9.17, 15) is 9.90 Å². The van der Waals surface area contributed by atoms with Crippen LogP contribution in [0.4, 0.5) is 0 Å². The van der Waals surface area contributed by atoms with Crippen molar-refractivity contribution in [3.05, 3.63) is 83.4 Å². The number of aromatic nitrogens is 2. The number of hydrazone groups is 1. The lowest BCUT2D eigenvalue weighted by atomic mass is 10.2. The predicted molar refractivity (Wildman–Crippen MR) is 117 cm³/mol. The highest BCUT2D eigenvalue weighted by Gasteiger charge is 2.19. The normalized spacial score (nSPS) is 11.0. The van der Waals surface area contributed by atoms with Crippen LogP contribution in [-0.2, 0) is 0 Å². The van der Waals surface area contributed by atoms with E-state index in [4.69, 9.17) is 4.74 Å². The Balaban J connectivity index is 1.59. The van der Waals surface area contributed by atoms with Gasteiger partial charge in [0.15, 0.2) is 11.5 Å². The number of para-hydroxylation sites is 1. The number of phenolic OH excluding ortho intramolecular Hbond substituents is 1. The molecular weight excluding hydrogens is 400 g/mol. The van der Waals surface area contributed by atoms with Gasteiger partial charge in [0.1, 0.15) is 5.69 Å². The molecule has 0 saturated carbocycles. The Morgan fingerprint density at radius 3 is 2.77 bits per heavy atom. The Hall–Kier alpha value is -3.91. The summed E-state index contributed by atoms with van der Waals surface area (Å²) in [7, 11) is 1.47. The maximum absolute atomic E-state index is 12.8.